The molecular weight excluding hydrogens is 112 g/mol. The van der Waals surface area contributed by atoms with Crippen molar-refractivity contribution in [3.8, 4) is 0 Å². The van der Waals surface area contributed by atoms with Crippen molar-refractivity contribution in [3.63, 3.8) is 0 Å². The van der Waals surface area contributed by atoms with Crippen LogP contribution in [0.25, 0.3) is 0 Å². The molecule has 0 radical (unpaired) electrons. The normalized spacial score (nSPS) is 34.8. The Morgan fingerprint density at radius 2 is 2.44 bits per heavy atom. The van der Waals surface area contributed by atoms with Crippen LogP contribution in [0, 0.1) is 11.8 Å². The first kappa shape index (κ1) is 6.81. The number of hydrogen-bond acceptors (Lipinski definition) is 1. The summed E-state index contributed by atoms with van der Waals surface area (Å²) < 4.78 is 5.27. The lowest BCUT2D eigenvalue weighted by Gasteiger charge is -2.08. The maximum atomic E-state index is 5.27. The van der Waals surface area contributed by atoms with Crippen molar-refractivity contribution in [2.75, 3.05) is 13.2 Å². The smallest absolute Gasteiger partial charge is 0.0500 e. The van der Waals surface area contributed by atoms with Gasteiger partial charge in [-0.25, -0.2) is 0 Å². The summed E-state index contributed by atoms with van der Waals surface area (Å²) in [6, 6.07) is 0. The molecular formula is C8H14O. The van der Waals surface area contributed by atoms with Crippen molar-refractivity contribution in [1.29, 1.82) is 0 Å². The molecule has 0 aromatic heterocycles. The Hall–Kier alpha value is -0.300. The fourth-order valence-electron chi connectivity index (χ4n) is 1.22. The van der Waals surface area contributed by atoms with E-state index in [1.807, 2.05) is 6.08 Å². The molecule has 0 bridgehead atoms. The molecule has 0 aliphatic carbocycles. The summed E-state index contributed by atoms with van der Waals surface area (Å²) in [5, 5.41) is 0. The average molecular weight is 126 g/mol. The van der Waals surface area contributed by atoms with Gasteiger partial charge in [0.2, 0.25) is 0 Å². The second-order valence-electron chi connectivity index (χ2n) is 2.80. The largest absolute Gasteiger partial charge is 0.381 e. The fourth-order valence-corrected chi connectivity index (χ4v) is 1.22. The zero-order valence-corrected chi connectivity index (χ0v) is 5.97. The van der Waals surface area contributed by atoms with Crippen LogP contribution in [-0.4, -0.2) is 13.2 Å². The standard InChI is InChI=1S/C8H14O/c1-3-4-8-6-9-5-7(8)2/h3,7-8H,1,4-6H2,2H3. The molecule has 0 saturated carbocycles. The van der Waals surface area contributed by atoms with E-state index in [9.17, 15) is 0 Å². The van der Waals surface area contributed by atoms with Gasteiger partial charge in [0.05, 0.1) is 6.61 Å². The van der Waals surface area contributed by atoms with Crippen LogP contribution in [-0.2, 0) is 4.74 Å². The second kappa shape index (κ2) is 3.02. The summed E-state index contributed by atoms with van der Waals surface area (Å²) >= 11 is 0. The highest BCUT2D eigenvalue weighted by atomic mass is 16.5. The van der Waals surface area contributed by atoms with Gasteiger partial charge in [-0.1, -0.05) is 13.0 Å². The first-order valence-electron chi connectivity index (χ1n) is 3.53. The van der Waals surface area contributed by atoms with Crippen molar-refractivity contribution < 1.29 is 4.74 Å². The Bertz CT molecular complexity index is 98.7. The fraction of sp³-hybridized carbons (Fsp3) is 0.750. The molecule has 1 nitrogen and oxygen atoms in total. The van der Waals surface area contributed by atoms with Gasteiger partial charge in [0.25, 0.3) is 0 Å². The van der Waals surface area contributed by atoms with E-state index < -0.39 is 0 Å². The molecule has 0 N–H and O–H groups in total. The van der Waals surface area contributed by atoms with Crippen molar-refractivity contribution in [3.05, 3.63) is 12.7 Å². The van der Waals surface area contributed by atoms with Gasteiger partial charge in [-0.15, -0.1) is 6.58 Å². The van der Waals surface area contributed by atoms with Gasteiger partial charge < -0.3 is 4.74 Å². The lowest BCUT2D eigenvalue weighted by molar-refractivity contribution is 0.182. The molecule has 0 spiro atoms. The highest BCUT2D eigenvalue weighted by molar-refractivity contribution is 4.79. The topological polar surface area (TPSA) is 9.23 Å². The van der Waals surface area contributed by atoms with E-state index in [0.29, 0.717) is 0 Å². The number of rotatable bonds is 2. The zero-order chi connectivity index (χ0) is 6.69. The van der Waals surface area contributed by atoms with Gasteiger partial charge in [-0.3, -0.25) is 0 Å². The highest BCUT2D eigenvalue weighted by Crippen LogP contribution is 2.22. The lowest BCUT2D eigenvalue weighted by Crippen LogP contribution is -2.06. The molecule has 1 heterocycles. The van der Waals surface area contributed by atoms with E-state index in [-0.39, 0.29) is 0 Å². The summed E-state index contributed by atoms with van der Waals surface area (Å²) in [4.78, 5) is 0. The minimum absolute atomic E-state index is 0.738. The van der Waals surface area contributed by atoms with Crippen molar-refractivity contribution in [2.45, 2.75) is 13.3 Å². The number of ether oxygens (including phenoxy) is 1. The van der Waals surface area contributed by atoms with Crippen LogP contribution in [0.4, 0.5) is 0 Å². The summed E-state index contributed by atoms with van der Waals surface area (Å²) in [7, 11) is 0. The van der Waals surface area contributed by atoms with Crippen molar-refractivity contribution in [1.82, 2.24) is 0 Å². The van der Waals surface area contributed by atoms with Gasteiger partial charge in [-0.2, -0.15) is 0 Å². The minimum atomic E-state index is 0.738. The molecule has 0 aromatic rings. The Balaban J connectivity index is 2.30. The highest BCUT2D eigenvalue weighted by Gasteiger charge is 2.22. The molecule has 1 rings (SSSR count). The quantitative estimate of drug-likeness (QED) is 0.513. The Morgan fingerprint density at radius 3 is 2.89 bits per heavy atom. The predicted molar refractivity (Wildman–Crippen MR) is 38.3 cm³/mol. The van der Waals surface area contributed by atoms with Crippen LogP contribution in [0.5, 0.6) is 0 Å². The first-order valence-corrected chi connectivity index (χ1v) is 3.53. The maximum absolute atomic E-state index is 5.27. The first-order chi connectivity index (χ1) is 4.34. The molecule has 0 amide bonds. The summed E-state index contributed by atoms with van der Waals surface area (Å²) in [5.74, 6) is 1.48. The van der Waals surface area contributed by atoms with Gasteiger partial charge in [0.1, 0.15) is 0 Å². The van der Waals surface area contributed by atoms with Crippen molar-refractivity contribution >= 4 is 0 Å². The molecule has 52 valence electrons. The van der Waals surface area contributed by atoms with E-state index >= 15 is 0 Å². The van der Waals surface area contributed by atoms with E-state index in [4.69, 9.17) is 4.74 Å². The molecule has 9 heavy (non-hydrogen) atoms. The van der Waals surface area contributed by atoms with Crippen LogP contribution in [0.2, 0.25) is 0 Å². The van der Waals surface area contributed by atoms with Crippen LogP contribution >= 0.6 is 0 Å². The van der Waals surface area contributed by atoms with Gasteiger partial charge in [-0.05, 0) is 18.3 Å². The second-order valence-corrected chi connectivity index (χ2v) is 2.80. The summed E-state index contributed by atoms with van der Waals surface area (Å²) in [6.07, 6.45) is 3.09. The third-order valence-corrected chi connectivity index (χ3v) is 1.99. The molecule has 1 fully saturated rings. The van der Waals surface area contributed by atoms with Crippen LogP contribution in [0.15, 0.2) is 12.7 Å². The molecule has 0 aromatic carbocycles. The average Bonchev–Trinajstić information content (AvgIpc) is 2.18. The number of hydrogen-bond donors (Lipinski definition) is 0. The molecule has 1 heteroatoms. The third-order valence-electron chi connectivity index (χ3n) is 1.99. The van der Waals surface area contributed by atoms with E-state index in [2.05, 4.69) is 13.5 Å². The van der Waals surface area contributed by atoms with Gasteiger partial charge in [0, 0.05) is 6.61 Å². The van der Waals surface area contributed by atoms with Crippen molar-refractivity contribution in [2.24, 2.45) is 11.8 Å². The molecule has 2 atom stereocenters. The lowest BCUT2D eigenvalue weighted by atomic mass is 9.95. The Kier molecular flexibility index (Phi) is 2.29. The molecule has 2 unspecified atom stereocenters. The molecule has 1 saturated heterocycles. The monoisotopic (exact) mass is 126 g/mol. The maximum Gasteiger partial charge on any atom is 0.0500 e. The van der Waals surface area contributed by atoms with E-state index in [1.165, 1.54) is 0 Å². The van der Waals surface area contributed by atoms with E-state index in [1.54, 1.807) is 0 Å². The minimum Gasteiger partial charge on any atom is -0.381 e. The summed E-state index contributed by atoms with van der Waals surface area (Å²) in [5.41, 5.74) is 0. The zero-order valence-electron chi connectivity index (χ0n) is 5.97. The molecule has 1 aliphatic heterocycles. The van der Waals surface area contributed by atoms with Gasteiger partial charge >= 0.3 is 0 Å². The number of allylic oxidation sites excluding steroid dienone is 1. The van der Waals surface area contributed by atoms with Gasteiger partial charge in [0.15, 0.2) is 0 Å². The Labute approximate surface area is 56.7 Å². The molecule has 1 aliphatic rings. The SMILES string of the molecule is C=CCC1COCC1C. The van der Waals surface area contributed by atoms with Crippen LogP contribution < -0.4 is 0 Å². The predicted octanol–water partition coefficient (Wildman–Crippen LogP) is 1.84. The van der Waals surface area contributed by atoms with Crippen LogP contribution in [0.3, 0.4) is 0 Å². The van der Waals surface area contributed by atoms with Crippen LogP contribution in [0.1, 0.15) is 13.3 Å². The van der Waals surface area contributed by atoms with E-state index in [0.717, 1.165) is 31.5 Å². The summed E-state index contributed by atoms with van der Waals surface area (Å²) in [6.45, 7) is 7.82. The third kappa shape index (κ3) is 1.55. The Morgan fingerprint density at radius 1 is 1.67 bits per heavy atom.